The first-order valence-electron chi connectivity index (χ1n) is 10.7. The zero-order valence-electron chi connectivity index (χ0n) is 18.8. The van der Waals surface area contributed by atoms with Crippen LogP contribution in [0.5, 0.6) is 0 Å². The minimum Gasteiger partial charge on any atom is -0.134 e. The summed E-state index contributed by atoms with van der Waals surface area (Å²) in [6, 6.07) is 6.79. The Kier molecular flexibility index (Phi) is 9.01. The molecule has 0 bridgehead atoms. The molecule has 2 aliphatic heterocycles. The minimum absolute atomic E-state index is 0.508. The van der Waals surface area contributed by atoms with Crippen LogP contribution in [0.2, 0.25) is 0 Å². The van der Waals surface area contributed by atoms with Gasteiger partial charge in [-0.25, -0.2) is 0 Å². The Morgan fingerprint density at radius 1 is 1.10 bits per heavy atom. The van der Waals surface area contributed by atoms with Gasteiger partial charge in [0.25, 0.3) is 0 Å². The van der Waals surface area contributed by atoms with E-state index in [1.165, 1.54) is 36.5 Å². The van der Waals surface area contributed by atoms with Crippen molar-refractivity contribution in [2.75, 3.05) is 0 Å². The van der Waals surface area contributed by atoms with Crippen molar-refractivity contribution in [2.45, 2.75) is 44.1 Å². The fourth-order valence-electron chi connectivity index (χ4n) is 3.53. The molecule has 0 saturated carbocycles. The number of benzene rings is 1. The Balaban J connectivity index is 1.95. The van der Waals surface area contributed by atoms with Crippen LogP contribution in [0, 0.1) is 0 Å². The largest absolute Gasteiger partial charge is 0.147 e. The van der Waals surface area contributed by atoms with Crippen molar-refractivity contribution in [1.29, 1.82) is 0 Å². The predicted octanol–water partition coefficient (Wildman–Crippen LogP) is 8.36. The van der Waals surface area contributed by atoms with Gasteiger partial charge in [0, 0.05) is 14.3 Å². The van der Waals surface area contributed by atoms with Gasteiger partial charge in [-0.2, -0.15) is 0 Å². The molecule has 0 aromatic heterocycles. The maximum absolute atomic E-state index is 4.29. The molecule has 2 atom stereocenters. The fraction of sp³-hybridized carbons (Fsp3) is 0.259. The summed E-state index contributed by atoms with van der Waals surface area (Å²) in [4.78, 5) is 1.42. The van der Waals surface area contributed by atoms with Crippen LogP contribution in [0.3, 0.4) is 0 Å². The molecular formula is C27H30BBrS2. The molecule has 3 rings (SSSR count). The van der Waals surface area contributed by atoms with Gasteiger partial charge in [-0.15, -0.1) is 23.5 Å². The highest BCUT2D eigenvalue weighted by molar-refractivity contribution is 9.14. The van der Waals surface area contributed by atoms with Crippen LogP contribution >= 0.6 is 39.5 Å². The second-order valence-electron chi connectivity index (χ2n) is 8.04. The predicted molar refractivity (Wildman–Crippen MR) is 152 cm³/mol. The van der Waals surface area contributed by atoms with Crippen molar-refractivity contribution < 1.29 is 0 Å². The van der Waals surface area contributed by atoms with Gasteiger partial charge >= 0.3 is 0 Å². The SMILES string of the molecule is BC1=CCC(/C=C/c2ccc(/C=C/C3CC=C(Br)S3)cc2/C(=C/C(C)=C\C)C(=C)C)S1. The summed E-state index contributed by atoms with van der Waals surface area (Å²) >= 11 is 7.43. The number of hydrogen-bond donors (Lipinski definition) is 0. The smallest absolute Gasteiger partial charge is 0.134 e. The third-order valence-corrected chi connectivity index (χ3v) is 8.52. The summed E-state index contributed by atoms with van der Waals surface area (Å²) in [6.07, 6.45) is 20.4. The zero-order valence-corrected chi connectivity index (χ0v) is 22.0. The summed E-state index contributed by atoms with van der Waals surface area (Å²) in [6.45, 7) is 10.6. The summed E-state index contributed by atoms with van der Waals surface area (Å²) in [5.41, 5.74) is 7.27. The molecule has 31 heavy (non-hydrogen) atoms. The van der Waals surface area contributed by atoms with Crippen LogP contribution in [0.25, 0.3) is 17.7 Å². The highest BCUT2D eigenvalue weighted by atomic mass is 79.9. The van der Waals surface area contributed by atoms with Gasteiger partial charge in [-0.1, -0.05) is 83.3 Å². The van der Waals surface area contributed by atoms with E-state index in [0.29, 0.717) is 10.5 Å². The van der Waals surface area contributed by atoms with Crippen molar-refractivity contribution in [3.8, 4) is 0 Å². The maximum Gasteiger partial charge on any atom is 0.147 e. The average molecular weight is 509 g/mol. The highest BCUT2D eigenvalue weighted by Gasteiger charge is 2.14. The van der Waals surface area contributed by atoms with Crippen molar-refractivity contribution in [3.63, 3.8) is 0 Å². The van der Waals surface area contributed by atoms with E-state index in [1.807, 2.05) is 23.5 Å². The Bertz CT molecular complexity index is 1020. The lowest BCUT2D eigenvalue weighted by molar-refractivity contribution is 1.10. The maximum atomic E-state index is 4.29. The van der Waals surface area contributed by atoms with E-state index in [1.54, 1.807) is 0 Å². The second-order valence-corrected chi connectivity index (χ2v) is 12.2. The van der Waals surface area contributed by atoms with E-state index >= 15 is 0 Å². The number of thioether (sulfide) groups is 2. The van der Waals surface area contributed by atoms with E-state index in [9.17, 15) is 0 Å². The molecule has 0 N–H and O–H groups in total. The lowest BCUT2D eigenvalue weighted by Gasteiger charge is -2.14. The highest BCUT2D eigenvalue weighted by Crippen LogP contribution is 2.37. The number of allylic oxidation sites excluding steroid dienone is 7. The Labute approximate surface area is 206 Å². The summed E-state index contributed by atoms with van der Waals surface area (Å²) < 4.78 is 1.24. The molecule has 0 radical (unpaired) electrons. The normalized spacial score (nSPS) is 22.5. The molecule has 0 saturated heterocycles. The molecule has 2 unspecified atom stereocenters. The lowest BCUT2D eigenvalue weighted by Crippen LogP contribution is -1.95. The summed E-state index contributed by atoms with van der Waals surface area (Å²) in [5, 5.41) is 1.04. The molecule has 0 nitrogen and oxygen atoms in total. The van der Waals surface area contributed by atoms with Gasteiger partial charge in [0.1, 0.15) is 7.85 Å². The first-order valence-corrected chi connectivity index (χ1v) is 13.3. The topological polar surface area (TPSA) is 0 Å². The van der Waals surface area contributed by atoms with Crippen molar-refractivity contribution in [1.82, 2.24) is 0 Å². The van der Waals surface area contributed by atoms with E-state index < -0.39 is 0 Å². The zero-order chi connectivity index (χ0) is 22.4. The standard InChI is InChI=1S/C27H30BBrS2/c1-5-19(4)16-24(18(2)3)25-17-20(7-10-23-13-15-27(29)31-23)6-8-21(25)9-11-22-12-14-26(28)30-22/h5-11,14-17,22-23H,2,12-13,28H2,1,3-4H3/b10-7+,11-9+,19-5-,24-16+. The minimum atomic E-state index is 0.508. The number of hydrogen-bond acceptors (Lipinski definition) is 2. The van der Waals surface area contributed by atoms with Gasteiger partial charge in [0.15, 0.2) is 0 Å². The van der Waals surface area contributed by atoms with E-state index in [0.717, 1.165) is 18.4 Å². The van der Waals surface area contributed by atoms with Crippen LogP contribution in [0.4, 0.5) is 0 Å². The van der Waals surface area contributed by atoms with Crippen molar-refractivity contribution in [3.05, 3.63) is 97.7 Å². The van der Waals surface area contributed by atoms with Gasteiger partial charge in [-0.05, 0) is 77.9 Å². The molecule has 0 amide bonds. The molecule has 1 aromatic rings. The second kappa shape index (κ2) is 11.5. The lowest BCUT2D eigenvalue weighted by atomic mass is 9.91. The van der Waals surface area contributed by atoms with E-state index in [-0.39, 0.29) is 0 Å². The molecule has 160 valence electrons. The number of halogens is 1. The van der Waals surface area contributed by atoms with Crippen LogP contribution in [-0.4, -0.2) is 18.3 Å². The van der Waals surface area contributed by atoms with Crippen molar-refractivity contribution in [2.24, 2.45) is 0 Å². The first kappa shape index (κ1) is 24.3. The molecule has 0 spiro atoms. The Morgan fingerprint density at radius 3 is 2.42 bits per heavy atom. The van der Waals surface area contributed by atoms with Gasteiger partial charge in [0.05, 0.1) is 0 Å². The monoisotopic (exact) mass is 508 g/mol. The Hall–Kier alpha value is -1.36. The van der Waals surface area contributed by atoms with Gasteiger partial charge in [-0.3, -0.25) is 0 Å². The quantitative estimate of drug-likeness (QED) is 0.268. The van der Waals surface area contributed by atoms with Crippen molar-refractivity contribution >= 4 is 65.0 Å². The third kappa shape index (κ3) is 7.07. The van der Waals surface area contributed by atoms with E-state index in [2.05, 4.69) is 118 Å². The van der Waals surface area contributed by atoms with Crippen LogP contribution in [-0.2, 0) is 0 Å². The molecule has 2 heterocycles. The summed E-state index contributed by atoms with van der Waals surface area (Å²) in [5.74, 6) is 0. The molecule has 1 aromatic carbocycles. The van der Waals surface area contributed by atoms with Crippen LogP contribution < -0.4 is 0 Å². The van der Waals surface area contributed by atoms with E-state index in [4.69, 9.17) is 0 Å². The molecule has 2 aliphatic rings. The summed E-state index contributed by atoms with van der Waals surface area (Å²) in [7, 11) is 2.20. The first-order chi connectivity index (χ1) is 14.9. The fourth-order valence-corrected chi connectivity index (χ4v) is 6.29. The van der Waals surface area contributed by atoms with Crippen LogP contribution in [0.15, 0.2) is 81.0 Å². The molecule has 4 heteroatoms. The third-order valence-electron chi connectivity index (χ3n) is 5.40. The van der Waals surface area contributed by atoms with Gasteiger partial charge in [0.2, 0.25) is 0 Å². The molecule has 0 fully saturated rings. The average Bonchev–Trinajstić information content (AvgIpc) is 3.36. The number of rotatable bonds is 7. The molecule has 0 aliphatic carbocycles. The molecular weight excluding hydrogens is 479 g/mol. The van der Waals surface area contributed by atoms with Crippen LogP contribution in [0.1, 0.15) is 50.3 Å². The Morgan fingerprint density at radius 2 is 1.81 bits per heavy atom. The van der Waals surface area contributed by atoms with Gasteiger partial charge < -0.3 is 0 Å².